The molecule has 1 aliphatic heterocycles. The first-order valence-electron chi connectivity index (χ1n) is 8.58. The Morgan fingerprint density at radius 2 is 2.13 bits per heavy atom. The fourth-order valence-corrected chi connectivity index (χ4v) is 2.66. The molecule has 1 amide bonds. The third-order valence-electron chi connectivity index (χ3n) is 4.01. The van der Waals surface area contributed by atoms with Crippen LogP contribution in [0.3, 0.4) is 0 Å². The molecular weight excluding hydrogens is 292 g/mol. The molecule has 1 N–H and O–H groups in total. The first-order chi connectivity index (χ1) is 11.2. The minimum Gasteiger partial charge on any atom is -0.490 e. The van der Waals surface area contributed by atoms with Crippen molar-refractivity contribution in [2.45, 2.75) is 39.7 Å². The standard InChI is InChI=1S/C18H28N2O3/c1-4-6-11-23-16-8-7-15(12-17(16)22-5-2)18(21)20-10-9-19-13-14(20)3/h7-8,12,14,19H,4-6,9-11,13H2,1-3H3. The summed E-state index contributed by atoms with van der Waals surface area (Å²) in [6.45, 7) is 9.75. The SMILES string of the molecule is CCCCOc1ccc(C(=O)N2CCNCC2C)cc1OCC. The van der Waals surface area contributed by atoms with Crippen LogP contribution in [0.15, 0.2) is 18.2 Å². The van der Waals surface area contributed by atoms with Crippen LogP contribution in [0.25, 0.3) is 0 Å². The first-order valence-corrected chi connectivity index (χ1v) is 8.58. The second-order valence-electron chi connectivity index (χ2n) is 5.85. The van der Waals surface area contributed by atoms with E-state index in [1.807, 2.05) is 30.0 Å². The molecule has 2 rings (SSSR count). The van der Waals surface area contributed by atoms with E-state index in [2.05, 4.69) is 19.2 Å². The van der Waals surface area contributed by atoms with Crippen molar-refractivity contribution < 1.29 is 14.3 Å². The molecule has 1 aromatic rings. The number of amides is 1. The Kier molecular flexibility index (Phi) is 6.71. The Morgan fingerprint density at radius 1 is 1.30 bits per heavy atom. The van der Waals surface area contributed by atoms with Crippen molar-refractivity contribution in [3.8, 4) is 11.5 Å². The van der Waals surface area contributed by atoms with Crippen molar-refractivity contribution in [1.82, 2.24) is 10.2 Å². The molecule has 0 aromatic heterocycles. The van der Waals surface area contributed by atoms with Crippen LogP contribution in [0, 0.1) is 0 Å². The fourth-order valence-electron chi connectivity index (χ4n) is 2.66. The Bertz CT molecular complexity index is 519. The van der Waals surface area contributed by atoms with Gasteiger partial charge in [-0.25, -0.2) is 0 Å². The van der Waals surface area contributed by atoms with Gasteiger partial charge in [-0.1, -0.05) is 13.3 Å². The van der Waals surface area contributed by atoms with E-state index in [1.54, 1.807) is 0 Å². The van der Waals surface area contributed by atoms with Gasteiger partial charge in [-0.05, 0) is 38.5 Å². The smallest absolute Gasteiger partial charge is 0.254 e. The molecule has 0 bridgehead atoms. The van der Waals surface area contributed by atoms with Crippen LogP contribution < -0.4 is 14.8 Å². The molecule has 128 valence electrons. The molecule has 5 nitrogen and oxygen atoms in total. The maximum atomic E-state index is 12.7. The van der Waals surface area contributed by atoms with Crippen molar-refractivity contribution in [3.63, 3.8) is 0 Å². The van der Waals surface area contributed by atoms with Crippen molar-refractivity contribution >= 4 is 5.91 Å². The van der Waals surface area contributed by atoms with E-state index in [4.69, 9.17) is 9.47 Å². The predicted octanol–water partition coefficient (Wildman–Crippen LogP) is 2.70. The van der Waals surface area contributed by atoms with E-state index in [0.29, 0.717) is 30.3 Å². The van der Waals surface area contributed by atoms with Crippen molar-refractivity contribution in [2.24, 2.45) is 0 Å². The van der Waals surface area contributed by atoms with Gasteiger partial charge in [0.2, 0.25) is 0 Å². The molecular formula is C18H28N2O3. The molecule has 0 saturated carbocycles. The van der Waals surface area contributed by atoms with Gasteiger partial charge < -0.3 is 19.7 Å². The minimum atomic E-state index is 0.0556. The number of rotatable bonds is 7. The molecule has 0 radical (unpaired) electrons. The highest BCUT2D eigenvalue weighted by Crippen LogP contribution is 2.29. The summed E-state index contributed by atoms with van der Waals surface area (Å²) in [5.74, 6) is 1.42. The normalized spacial score (nSPS) is 17.9. The summed E-state index contributed by atoms with van der Waals surface area (Å²) >= 11 is 0. The Morgan fingerprint density at radius 3 is 2.83 bits per heavy atom. The average Bonchev–Trinajstić information content (AvgIpc) is 2.56. The highest BCUT2D eigenvalue weighted by atomic mass is 16.5. The Labute approximate surface area is 139 Å². The first kappa shape index (κ1) is 17.6. The van der Waals surface area contributed by atoms with Gasteiger partial charge in [-0.2, -0.15) is 0 Å². The van der Waals surface area contributed by atoms with Crippen LogP contribution in [-0.2, 0) is 0 Å². The van der Waals surface area contributed by atoms with Gasteiger partial charge in [-0.15, -0.1) is 0 Å². The van der Waals surface area contributed by atoms with Gasteiger partial charge in [0.25, 0.3) is 5.91 Å². The van der Waals surface area contributed by atoms with Gasteiger partial charge in [0.15, 0.2) is 11.5 Å². The number of carbonyl (C=O) groups excluding carboxylic acids is 1. The van der Waals surface area contributed by atoms with Crippen LogP contribution in [-0.4, -0.2) is 49.7 Å². The van der Waals surface area contributed by atoms with Crippen LogP contribution in [0.5, 0.6) is 11.5 Å². The monoisotopic (exact) mass is 320 g/mol. The van der Waals surface area contributed by atoms with Gasteiger partial charge >= 0.3 is 0 Å². The fraction of sp³-hybridized carbons (Fsp3) is 0.611. The van der Waals surface area contributed by atoms with E-state index in [-0.39, 0.29) is 11.9 Å². The molecule has 1 heterocycles. The summed E-state index contributed by atoms with van der Waals surface area (Å²) in [4.78, 5) is 14.7. The molecule has 1 fully saturated rings. The maximum Gasteiger partial charge on any atom is 0.254 e. The van der Waals surface area contributed by atoms with Crippen molar-refractivity contribution in [3.05, 3.63) is 23.8 Å². The molecule has 0 spiro atoms. The number of piperazine rings is 1. The van der Waals surface area contributed by atoms with Gasteiger partial charge in [0, 0.05) is 31.2 Å². The summed E-state index contributed by atoms with van der Waals surface area (Å²) in [5, 5.41) is 3.30. The molecule has 1 saturated heterocycles. The van der Waals surface area contributed by atoms with Crippen molar-refractivity contribution in [1.29, 1.82) is 0 Å². The largest absolute Gasteiger partial charge is 0.490 e. The minimum absolute atomic E-state index is 0.0556. The topological polar surface area (TPSA) is 50.8 Å². The number of benzene rings is 1. The number of nitrogens with zero attached hydrogens (tertiary/aromatic N) is 1. The van der Waals surface area contributed by atoms with Crippen LogP contribution in [0.2, 0.25) is 0 Å². The second-order valence-corrected chi connectivity index (χ2v) is 5.85. The van der Waals surface area contributed by atoms with Crippen molar-refractivity contribution in [2.75, 3.05) is 32.8 Å². The zero-order valence-corrected chi connectivity index (χ0v) is 14.4. The van der Waals surface area contributed by atoms with E-state index < -0.39 is 0 Å². The number of ether oxygens (including phenoxy) is 2. The highest BCUT2D eigenvalue weighted by Gasteiger charge is 2.24. The number of carbonyl (C=O) groups is 1. The van der Waals surface area contributed by atoms with E-state index in [0.717, 1.165) is 32.5 Å². The van der Waals surface area contributed by atoms with E-state index >= 15 is 0 Å². The summed E-state index contributed by atoms with van der Waals surface area (Å²) in [5.41, 5.74) is 0.657. The molecule has 1 atom stereocenters. The number of nitrogens with one attached hydrogen (secondary N) is 1. The second kappa shape index (κ2) is 8.77. The lowest BCUT2D eigenvalue weighted by Crippen LogP contribution is -2.52. The summed E-state index contributed by atoms with van der Waals surface area (Å²) < 4.78 is 11.4. The van der Waals surface area contributed by atoms with Crippen LogP contribution in [0.4, 0.5) is 0 Å². The predicted molar refractivity (Wildman–Crippen MR) is 91.4 cm³/mol. The third-order valence-corrected chi connectivity index (χ3v) is 4.01. The van der Waals surface area contributed by atoms with Gasteiger partial charge in [0.1, 0.15) is 0 Å². The number of hydrogen-bond acceptors (Lipinski definition) is 4. The number of hydrogen-bond donors (Lipinski definition) is 1. The maximum absolute atomic E-state index is 12.7. The quantitative estimate of drug-likeness (QED) is 0.785. The van der Waals surface area contributed by atoms with E-state index in [9.17, 15) is 4.79 Å². The molecule has 1 aliphatic rings. The zero-order valence-electron chi connectivity index (χ0n) is 14.4. The summed E-state index contributed by atoms with van der Waals surface area (Å²) in [6, 6.07) is 5.69. The van der Waals surface area contributed by atoms with Gasteiger partial charge in [0.05, 0.1) is 13.2 Å². The summed E-state index contributed by atoms with van der Waals surface area (Å²) in [7, 11) is 0. The van der Waals surface area contributed by atoms with Gasteiger partial charge in [-0.3, -0.25) is 4.79 Å². The Hall–Kier alpha value is -1.75. The molecule has 5 heteroatoms. The lowest BCUT2D eigenvalue weighted by atomic mass is 10.1. The Balaban J connectivity index is 2.15. The summed E-state index contributed by atoms with van der Waals surface area (Å²) in [6.07, 6.45) is 2.09. The molecule has 1 unspecified atom stereocenters. The number of unbranched alkanes of at least 4 members (excludes halogenated alkanes) is 1. The van der Waals surface area contributed by atoms with E-state index in [1.165, 1.54) is 0 Å². The highest BCUT2D eigenvalue weighted by molar-refractivity contribution is 5.95. The molecule has 1 aromatic carbocycles. The van der Waals surface area contributed by atoms with Crippen LogP contribution >= 0.6 is 0 Å². The lowest BCUT2D eigenvalue weighted by molar-refractivity contribution is 0.0655. The third kappa shape index (κ3) is 4.61. The molecule has 0 aliphatic carbocycles. The molecule has 23 heavy (non-hydrogen) atoms. The van der Waals surface area contributed by atoms with Crippen LogP contribution in [0.1, 0.15) is 44.0 Å². The average molecular weight is 320 g/mol. The zero-order chi connectivity index (χ0) is 16.7. The lowest BCUT2D eigenvalue weighted by Gasteiger charge is -2.34.